The Labute approximate surface area is 93.2 Å². The lowest BCUT2D eigenvalue weighted by Gasteiger charge is -2.02. The second-order valence-electron chi connectivity index (χ2n) is 3.43. The van der Waals surface area contributed by atoms with Crippen molar-refractivity contribution in [1.82, 2.24) is 0 Å². The minimum absolute atomic E-state index is 0.0626. The van der Waals surface area contributed by atoms with E-state index < -0.39 is 5.82 Å². The molecule has 5 N–H and O–H groups in total. The molecule has 0 radical (unpaired) electrons. The van der Waals surface area contributed by atoms with E-state index in [0.29, 0.717) is 24.1 Å². The topological polar surface area (TPSA) is 83.1 Å². The molecule has 0 aromatic heterocycles. The number of carbonyl (C=O) groups is 1. The van der Waals surface area contributed by atoms with E-state index in [1.807, 2.05) is 0 Å². The Bertz CT molecular complexity index is 425. The number of guanidine groups is 1. The molecular weight excluding hydrogens is 208 g/mol. The predicted molar refractivity (Wildman–Crippen MR) is 59.1 cm³/mol. The van der Waals surface area contributed by atoms with Gasteiger partial charge in [0.2, 0.25) is 0 Å². The molecule has 0 saturated heterocycles. The van der Waals surface area contributed by atoms with Crippen molar-refractivity contribution in [3.8, 4) is 0 Å². The quantitative estimate of drug-likeness (QED) is 0.357. The number of ketones is 1. The Morgan fingerprint density at radius 1 is 1.38 bits per heavy atom. The number of benzene rings is 1. The van der Waals surface area contributed by atoms with Crippen LogP contribution in [0.2, 0.25) is 0 Å². The summed E-state index contributed by atoms with van der Waals surface area (Å²) >= 11 is 0. The highest BCUT2D eigenvalue weighted by Gasteiger charge is 2.07. The molecule has 0 fully saturated rings. The second-order valence-corrected chi connectivity index (χ2v) is 3.43. The summed E-state index contributed by atoms with van der Waals surface area (Å²) in [5, 5.41) is 0. The average Bonchev–Trinajstić information content (AvgIpc) is 2.24. The number of rotatable bonds is 4. The van der Waals surface area contributed by atoms with Gasteiger partial charge in [0.15, 0.2) is 5.78 Å². The molecule has 1 rings (SSSR count). The zero-order valence-electron chi connectivity index (χ0n) is 9.09. The number of nitrogens with one attached hydrogen (secondary N) is 1. The summed E-state index contributed by atoms with van der Waals surface area (Å²) in [5.41, 5.74) is 11.5. The van der Waals surface area contributed by atoms with E-state index in [-0.39, 0.29) is 11.7 Å². The molecule has 0 heterocycles. The summed E-state index contributed by atoms with van der Waals surface area (Å²) in [7, 11) is 0. The Balaban J connectivity index is 2.98. The molecule has 0 aliphatic rings. The number of nitrogens with two attached hydrogens (primary N) is 2. The van der Waals surface area contributed by atoms with Gasteiger partial charge in [0, 0.05) is 12.0 Å². The largest absolute Gasteiger partial charge is 0.339 e. The van der Waals surface area contributed by atoms with E-state index >= 15 is 0 Å². The fourth-order valence-corrected chi connectivity index (χ4v) is 1.32. The number of carbonyl (C=O) groups excluding carboxylic acids is 1. The van der Waals surface area contributed by atoms with E-state index in [9.17, 15) is 9.18 Å². The van der Waals surface area contributed by atoms with Gasteiger partial charge in [-0.15, -0.1) is 0 Å². The maximum absolute atomic E-state index is 13.2. The lowest BCUT2D eigenvalue weighted by Crippen LogP contribution is -2.76. The zero-order chi connectivity index (χ0) is 12.1. The molecular formula is C11H15FN3O+. The van der Waals surface area contributed by atoms with Gasteiger partial charge < -0.3 is 0 Å². The lowest BCUT2D eigenvalue weighted by molar-refractivity contribution is -0.477. The summed E-state index contributed by atoms with van der Waals surface area (Å²) < 4.78 is 13.2. The predicted octanol–water partition coefficient (Wildman–Crippen LogP) is -0.728. The van der Waals surface area contributed by atoms with E-state index in [2.05, 4.69) is 4.99 Å². The Kier molecular flexibility index (Phi) is 3.99. The highest BCUT2D eigenvalue weighted by Crippen LogP contribution is 2.10. The Hall–Kier alpha value is -1.91. The second kappa shape index (κ2) is 5.25. The minimum Gasteiger partial charge on any atom is -0.294 e. The Morgan fingerprint density at radius 2 is 2.06 bits per heavy atom. The van der Waals surface area contributed by atoms with E-state index in [1.54, 1.807) is 13.0 Å². The summed E-state index contributed by atoms with van der Waals surface area (Å²) in [6.45, 7) is 2.03. The minimum atomic E-state index is -0.438. The number of hydrogen-bond donors (Lipinski definition) is 3. The molecule has 1 aromatic carbocycles. The van der Waals surface area contributed by atoms with E-state index in [0.717, 1.165) is 0 Å². The van der Waals surface area contributed by atoms with Crippen LogP contribution in [0.4, 0.5) is 4.39 Å². The fourth-order valence-electron chi connectivity index (χ4n) is 1.32. The van der Waals surface area contributed by atoms with Gasteiger partial charge in [-0.25, -0.2) is 4.39 Å². The Morgan fingerprint density at radius 3 is 2.62 bits per heavy atom. The number of halogens is 1. The number of hydrogen-bond acceptors (Lipinski definition) is 1. The maximum Gasteiger partial charge on any atom is 0.339 e. The van der Waals surface area contributed by atoms with Crippen LogP contribution in [0.3, 0.4) is 0 Å². The first kappa shape index (κ1) is 12.2. The molecule has 0 atom stereocenters. The molecule has 86 valence electrons. The van der Waals surface area contributed by atoms with Crippen molar-refractivity contribution in [3.63, 3.8) is 0 Å². The monoisotopic (exact) mass is 223 g/mol. The van der Waals surface area contributed by atoms with Crippen LogP contribution in [0.15, 0.2) is 18.2 Å². The molecule has 0 bridgehead atoms. The highest BCUT2D eigenvalue weighted by atomic mass is 18.2. The van der Waals surface area contributed by atoms with Crippen LogP contribution in [0.1, 0.15) is 29.3 Å². The summed E-state index contributed by atoms with van der Waals surface area (Å²) in [6.07, 6.45) is 0.349. The molecule has 0 spiro atoms. The van der Waals surface area contributed by atoms with Crippen molar-refractivity contribution < 1.29 is 14.2 Å². The number of Topliss-reactive ketones (excluding diaryl/α,β-unsaturated/α-hetero) is 1. The van der Waals surface area contributed by atoms with Gasteiger partial charge >= 0.3 is 5.96 Å². The van der Waals surface area contributed by atoms with Gasteiger partial charge in [-0.05, 0) is 23.8 Å². The van der Waals surface area contributed by atoms with Crippen molar-refractivity contribution in [2.45, 2.75) is 19.9 Å². The van der Waals surface area contributed by atoms with Crippen molar-refractivity contribution in [2.24, 2.45) is 11.5 Å². The third-order valence-corrected chi connectivity index (χ3v) is 2.10. The summed E-state index contributed by atoms with van der Waals surface area (Å²) in [5.74, 6) is -0.468. The van der Waals surface area contributed by atoms with Gasteiger partial charge in [0.25, 0.3) is 0 Å². The van der Waals surface area contributed by atoms with Gasteiger partial charge in [0.05, 0.1) is 6.54 Å². The SMILES string of the molecule is CCC(=O)c1cc([18F])cc(C[NH+]=C(N)N)c1. The van der Waals surface area contributed by atoms with Crippen molar-refractivity contribution in [1.29, 1.82) is 0 Å². The van der Waals surface area contributed by atoms with Crippen molar-refractivity contribution in [2.75, 3.05) is 0 Å². The smallest absolute Gasteiger partial charge is 0.294 e. The first-order valence-electron chi connectivity index (χ1n) is 4.97. The molecule has 1 aromatic rings. The van der Waals surface area contributed by atoms with E-state index in [4.69, 9.17) is 11.5 Å². The average molecular weight is 223 g/mol. The first-order chi connectivity index (χ1) is 7.52. The van der Waals surface area contributed by atoms with Crippen LogP contribution < -0.4 is 16.5 Å². The van der Waals surface area contributed by atoms with Crippen LogP contribution in [-0.4, -0.2) is 11.7 Å². The van der Waals surface area contributed by atoms with Crippen molar-refractivity contribution >= 4 is 11.7 Å². The van der Waals surface area contributed by atoms with Gasteiger partial charge in [-0.3, -0.25) is 21.3 Å². The lowest BCUT2D eigenvalue weighted by atomic mass is 10.1. The third-order valence-electron chi connectivity index (χ3n) is 2.10. The molecule has 0 amide bonds. The van der Waals surface area contributed by atoms with Crippen LogP contribution in [-0.2, 0) is 6.54 Å². The third kappa shape index (κ3) is 3.34. The standard InChI is InChI=1S/C11H14FN3O/c1-2-10(16)8-3-7(4-9(12)5-8)6-15-11(13)14/h3-5H,2,6H2,1H3,(H4,13,14,15)/p+1/i12-1. The van der Waals surface area contributed by atoms with Crippen molar-refractivity contribution in [3.05, 3.63) is 35.1 Å². The normalized spacial score (nSPS) is 9.88. The van der Waals surface area contributed by atoms with Crippen LogP contribution >= 0.6 is 0 Å². The summed E-state index contributed by atoms with van der Waals surface area (Å²) in [4.78, 5) is 14.1. The molecule has 4 nitrogen and oxygen atoms in total. The van der Waals surface area contributed by atoms with E-state index in [1.165, 1.54) is 12.1 Å². The molecule has 0 aliphatic heterocycles. The molecule has 5 heteroatoms. The molecule has 0 saturated carbocycles. The van der Waals surface area contributed by atoms with Gasteiger partial charge in [-0.1, -0.05) is 6.92 Å². The molecule has 16 heavy (non-hydrogen) atoms. The molecule has 0 aliphatic carbocycles. The van der Waals surface area contributed by atoms with Crippen LogP contribution in [0.25, 0.3) is 0 Å². The van der Waals surface area contributed by atoms with Gasteiger partial charge in [0.1, 0.15) is 5.82 Å². The fraction of sp³-hybridized carbons (Fsp3) is 0.273. The molecule has 0 unspecified atom stereocenters. The zero-order valence-corrected chi connectivity index (χ0v) is 9.09. The highest BCUT2D eigenvalue weighted by molar-refractivity contribution is 5.96. The summed E-state index contributed by atoms with van der Waals surface area (Å²) in [6, 6.07) is 4.19. The maximum atomic E-state index is 13.2. The first-order valence-corrected chi connectivity index (χ1v) is 4.97. The van der Waals surface area contributed by atoms with Crippen LogP contribution in [0, 0.1) is 5.82 Å². The van der Waals surface area contributed by atoms with Gasteiger partial charge in [-0.2, -0.15) is 0 Å². The van der Waals surface area contributed by atoms with Crippen LogP contribution in [0.5, 0.6) is 0 Å².